The van der Waals surface area contributed by atoms with E-state index >= 15 is 0 Å². The molecule has 0 saturated heterocycles. The molecule has 0 bridgehead atoms. The van der Waals surface area contributed by atoms with Gasteiger partial charge in [0.15, 0.2) is 0 Å². The lowest BCUT2D eigenvalue weighted by Gasteiger charge is -2.16. The zero-order chi connectivity index (χ0) is 6.81. The number of anilines is 1. The highest BCUT2D eigenvalue weighted by Gasteiger charge is 2.06. The van der Waals surface area contributed by atoms with Gasteiger partial charge in [-0.25, -0.2) is 15.4 Å². The molecular formula is C6H8N4. The van der Waals surface area contributed by atoms with Gasteiger partial charge in [0.2, 0.25) is 0 Å². The van der Waals surface area contributed by atoms with Gasteiger partial charge in [-0.05, 0) is 0 Å². The molecular weight excluding hydrogens is 128 g/mol. The van der Waals surface area contributed by atoms with Gasteiger partial charge >= 0.3 is 0 Å². The van der Waals surface area contributed by atoms with Crippen LogP contribution in [0.25, 0.3) is 0 Å². The lowest BCUT2D eigenvalue weighted by Crippen LogP contribution is -2.30. The molecule has 0 amide bonds. The van der Waals surface area contributed by atoms with Crippen LogP contribution in [0.2, 0.25) is 0 Å². The maximum Gasteiger partial charge on any atom is 0.115 e. The molecule has 1 aliphatic rings. The van der Waals surface area contributed by atoms with Crippen LogP contribution < -0.4 is 10.9 Å². The third-order valence-corrected chi connectivity index (χ3v) is 1.50. The number of hydrogen-bond donors (Lipinski definition) is 2. The second-order valence-corrected chi connectivity index (χ2v) is 2.18. The number of rotatable bonds is 0. The highest BCUT2D eigenvalue weighted by Crippen LogP contribution is 2.11. The molecule has 0 unspecified atom stereocenters. The third-order valence-electron chi connectivity index (χ3n) is 1.50. The molecule has 1 aromatic rings. The lowest BCUT2D eigenvalue weighted by molar-refractivity contribution is 0.725. The fourth-order valence-corrected chi connectivity index (χ4v) is 0.997. The van der Waals surface area contributed by atoms with E-state index in [0.717, 1.165) is 24.3 Å². The van der Waals surface area contributed by atoms with Gasteiger partial charge in [-0.3, -0.25) is 0 Å². The Morgan fingerprint density at radius 3 is 3.40 bits per heavy atom. The number of nitrogens with zero attached hydrogens (tertiary/aromatic N) is 2. The van der Waals surface area contributed by atoms with E-state index in [1.54, 1.807) is 12.5 Å². The molecule has 10 heavy (non-hydrogen) atoms. The molecule has 2 heterocycles. The van der Waals surface area contributed by atoms with Gasteiger partial charge < -0.3 is 5.43 Å². The van der Waals surface area contributed by atoms with E-state index in [0.29, 0.717) is 0 Å². The van der Waals surface area contributed by atoms with Crippen LogP contribution in [0.5, 0.6) is 0 Å². The molecule has 0 radical (unpaired) electrons. The third kappa shape index (κ3) is 0.823. The van der Waals surface area contributed by atoms with Crippen molar-refractivity contribution in [2.75, 3.05) is 12.0 Å². The molecule has 4 nitrogen and oxygen atoms in total. The van der Waals surface area contributed by atoms with E-state index in [9.17, 15) is 0 Å². The van der Waals surface area contributed by atoms with E-state index in [-0.39, 0.29) is 0 Å². The summed E-state index contributed by atoms with van der Waals surface area (Å²) in [5.41, 5.74) is 8.08. The molecule has 0 fully saturated rings. The first-order chi connectivity index (χ1) is 4.97. The first kappa shape index (κ1) is 5.61. The Labute approximate surface area is 58.7 Å². The summed E-state index contributed by atoms with van der Waals surface area (Å²) >= 11 is 0. The maximum absolute atomic E-state index is 4.11. The minimum Gasteiger partial charge on any atom is -0.318 e. The van der Waals surface area contributed by atoms with E-state index in [1.807, 2.05) is 0 Å². The second kappa shape index (κ2) is 2.22. The number of fused-ring (bicyclic) bond motifs is 1. The van der Waals surface area contributed by atoms with Gasteiger partial charge in [-0.15, -0.1) is 0 Å². The van der Waals surface area contributed by atoms with Gasteiger partial charge in [0, 0.05) is 13.0 Å². The van der Waals surface area contributed by atoms with Gasteiger partial charge in [-0.2, -0.15) is 0 Å². The van der Waals surface area contributed by atoms with Crippen molar-refractivity contribution in [1.82, 2.24) is 15.4 Å². The fraction of sp³-hybridized carbons (Fsp3) is 0.333. The standard InChI is InChI=1S/C6H8N4/c1-2-9-10-6-3-7-4-8-5(1)6/h3-4,9-10H,1-2H2. The molecule has 0 saturated carbocycles. The van der Waals surface area contributed by atoms with Gasteiger partial charge in [-0.1, -0.05) is 0 Å². The molecule has 2 N–H and O–H groups in total. The maximum atomic E-state index is 4.11. The fourth-order valence-electron chi connectivity index (χ4n) is 0.997. The van der Waals surface area contributed by atoms with Crippen molar-refractivity contribution in [3.63, 3.8) is 0 Å². The summed E-state index contributed by atoms with van der Waals surface area (Å²) in [7, 11) is 0. The highest BCUT2D eigenvalue weighted by atomic mass is 15.4. The first-order valence-corrected chi connectivity index (χ1v) is 3.24. The Morgan fingerprint density at radius 1 is 1.50 bits per heavy atom. The zero-order valence-electron chi connectivity index (χ0n) is 5.46. The SMILES string of the molecule is c1ncc2c(n1)CCNN2. The van der Waals surface area contributed by atoms with Crippen molar-refractivity contribution in [2.45, 2.75) is 6.42 Å². The topological polar surface area (TPSA) is 49.8 Å². The molecule has 2 rings (SSSR count). The Kier molecular flexibility index (Phi) is 1.25. The smallest absolute Gasteiger partial charge is 0.115 e. The number of nitrogens with one attached hydrogen (secondary N) is 2. The predicted octanol–water partition coefficient (Wildman–Crippen LogP) is -0.0508. The summed E-state index contributed by atoms with van der Waals surface area (Å²) in [5, 5.41) is 0. The normalized spacial score (nSPS) is 15.6. The van der Waals surface area contributed by atoms with Crippen LogP contribution in [0.4, 0.5) is 5.69 Å². The number of hydrogen-bond acceptors (Lipinski definition) is 4. The molecule has 1 aliphatic heterocycles. The van der Waals surface area contributed by atoms with E-state index in [4.69, 9.17) is 0 Å². The van der Waals surface area contributed by atoms with E-state index < -0.39 is 0 Å². The largest absolute Gasteiger partial charge is 0.318 e. The summed E-state index contributed by atoms with van der Waals surface area (Å²) in [6.07, 6.45) is 4.32. The molecule has 52 valence electrons. The summed E-state index contributed by atoms with van der Waals surface area (Å²) in [6, 6.07) is 0. The number of aromatic nitrogens is 2. The van der Waals surface area contributed by atoms with Crippen LogP contribution in [0.1, 0.15) is 5.69 Å². The summed E-state index contributed by atoms with van der Waals surface area (Å²) in [6.45, 7) is 0.935. The summed E-state index contributed by atoms with van der Waals surface area (Å²) < 4.78 is 0. The Morgan fingerprint density at radius 2 is 2.50 bits per heavy atom. The molecule has 4 heteroatoms. The summed E-state index contributed by atoms with van der Waals surface area (Å²) in [5.74, 6) is 0. The van der Waals surface area contributed by atoms with Crippen molar-refractivity contribution < 1.29 is 0 Å². The van der Waals surface area contributed by atoms with Crippen molar-refractivity contribution in [2.24, 2.45) is 0 Å². The first-order valence-electron chi connectivity index (χ1n) is 3.24. The monoisotopic (exact) mass is 136 g/mol. The van der Waals surface area contributed by atoms with Crippen LogP contribution in [0, 0.1) is 0 Å². The average molecular weight is 136 g/mol. The lowest BCUT2D eigenvalue weighted by atomic mass is 10.2. The van der Waals surface area contributed by atoms with Crippen LogP contribution in [-0.2, 0) is 6.42 Å². The highest BCUT2D eigenvalue weighted by molar-refractivity contribution is 5.45. The molecule has 0 spiro atoms. The van der Waals surface area contributed by atoms with Crippen molar-refractivity contribution in [3.05, 3.63) is 18.2 Å². The predicted molar refractivity (Wildman–Crippen MR) is 37.4 cm³/mol. The van der Waals surface area contributed by atoms with Crippen LogP contribution in [0.15, 0.2) is 12.5 Å². The molecule has 0 aliphatic carbocycles. The van der Waals surface area contributed by atoms with Crippen LogP contribution >= 0.6 is 0 Å². The van der Waals surface area contributed by atoms with Crippen molar-refractivity contribution >= 4 is 5.69 Å². The van der Waals surface area contributed by atoms with Gasteiger partial charge in [0.25, 0.3) is 0 Å². The molecule has 0 aromatic carbocycles. The summed E-state index contributed by atoms with van der Waals surface area (Å²) in [4.78, 5) is 7.99. The van der Waals surface area contributed by atoms with Crippen molar-refractivity contribution in [1.29, 1.82) is 0 Å². The Hall–Kier alpha value is -1.16. The minimum atomic E-state index is 0.935. The Balaban J connectivity index is 2.41. The quantitative estimate of drug-likeness (QED) is 0.525. The Bertz CT molecular complexity index is 210. The van der Waals surface area contributed by atoms with Gasteiger partial charge in [0.1, 0.15) is 6.33 Å². The minimum absolute atomic E-state index is 0.935. The molecule has 1 aromatic heterocycles. The second-order valence-electron chi connectivity index (χ2n) is 2.18. The number of hydrazine groups is 1. The van der Waals surface area contributed by atoms with Crippen LogP contribution in [0.3, 0.4) is 0 Å². The van der Waals surface area contributed by atoms with Crippen molar-refractivity contribution in [3.8, 4) is 0 Å². The van der Waals surface area contributed by atoms with Crippen LogP contribution in [-0.4, -0.2) is 16.5 Å². The van der Waals surface area contributed by atoms with E-state index in [1.165, 1.54) is 0 Å². The van der Waals surface area contributed by atoms with E-state index in [2.05, 4.69) is 20.8 Å². The zero-order valence-corrected chi connectivity index (χ0v) is 5.46. The van der Waals surface area contributed by atoms with Gasteiger partial charge in [0.05, 0.1) is 17.6 Å². The average Bonchev–Trinajstić information content (AvgIpc) is 2.05. The molecule has 0 atom stereocenters.